The highest BCUT2D eigenvalue weighted by atomic mass is 16.6. The van der Waals surface area contributed by atoms with Gasteiger partial charge in [0.25, 0.3) is 0 Å². The maximum absolute atomic E-state index is 15.0. The molecule has 1 aromatic carbocycles. The monoisotopic (exact) mass is 695 g/mol. The summed E-state index contributed by atoms with van der Waals surface area (Å²) in [5.74, 6) is -0.821. The molecule has 4 aliphatic heterocycles. The number of allylic oxidation sites excluding steroid dienone is 5. The fourth-order valence-electron chi connectivity index (χ4n) is 9.52. The molecule has 0 aromatic heterocycles. The van der Waals surface area contributed by atoms with E-state index in [1.165, 1.54) is 5.57 Å². The lowest BCUT2D eigenvalue weighted by Gasteiger charge is -2.56. The molecule has 272 valence electrons. The summed E-state index contributed by atoms with van der Waals surface area (Å²) in [5.41, 5.74) is -0.00750. The second kappa shape index (κ2) is 12.4. The number of phenols is 1. The second-order valence-corrected chi connectivity index (χ2v) is 16.8. The van der Waals surface area contributed by atoms with Gasteiger partial charge in [0.2, 0.25) is 5.91 Å². The van der Waals surface area contributed by atoms with E-state index in [1.807, 2.05) is 57.7 Å². The Kier molecular flexibility index (Phi) is 8.60. The quantitative estimate of drug-likeness (QED) is 0.216. The predicted molar refractivity (Wildman–Crippen MR) is 197 cm³/mol. The van der Waals surface area contributed by atoms with Crippen LogP contribution in [-0.4, -0.2) is 63.0 Å². The number of likely N-dealkylation sites (tertiary alicyclic amines) is 1. The van der Waals surface area contributed by atoms with Crippen molar-refractivity contribution in [1.29, 1.82) is 0 Å². The standard InChI is InChI=1S/C43H53NO7/c1-25(2)13-12-18-41(8)19-17-29-34(45)33-35(46)31-23-28-24-32-40(6,7)51-42(38(28)47,20-16-27(5)39(48)44-21-10-9-11-22-44)43(31,32)50-37(33)30(36(29)49-41)15-14-26(3)4/h13-14,16-17,19,23,28,32,45H,9-12,15,18,20-22,24H2,1-8H3. The maximum atomic E-state index is 15.0. The highest BCUT2D eigenvalue weighted by Crippen LogP contribution is 2.68. The molecule has 8 rings (SSSR count). The zero-order chi connectivity index (χ0) is 36.7. The summed E-state index contributed by atoms with van der Waals surface area (Å²) in [5, 5.41) is 11.9. The number of ether oxygens (including phenoxy) is 3. The van der Waals surface area contributed by atoms with E-state index >= 15 is 0 Å². The van der Waals surface area contributed by atoms with Crippen molar-refractivity contribution in [2.75, 3.05) is 13.1 Å². The number of hydrogen-bond donors (Lipinski definition) is 1. The number of benzene rings is 1. The minimum absolute atomic E-state index is 0.0361. The molecule has 51 heavy (non-hydrogen) atoms. The molecule has 8 nitrogen and oxygen atoms in total. The third-order valence-electron chi connectivity index (χ3n) is 12.1. The number of phenolic OH excluding ortho intramolecular Hbond substituents is 1. The van der Waals surface area contributed by atoms with Crippen LogP contribution in [0, 0.1) is 11.8 Å². The van der Waals surface area contributed by atoms with Gasteiger partial charge in [0, 0.05) is 48.1 Å². The second-order valence-electron chi connectivity index (χ2n) is 16.8. The zero-order valence-corrected chi connectivity index (χ0v) is 31.5. The molecule has 1 aromatic rings. The van der Waals surface area contributed by atoms with Gasteiger partial charge in [-0.05, 0) is 112 Å². The summed E-state index contributed by atoms with van der Waals surface area (Å²) in [7, 11) is 0. The van der Waals surface area contributed by atoms with Gasteiger partial charge in [-0.25, -0.2) is 0 Å². The molecule has 7 aliphatic rings. The number of ketones is 2. The van der Waals surface area contributed by atoms with E-state index in [2.05, 4.69) is 26.0 Å². The molecule has 5 atom stereocenters. The van der Waals surface area contributed by atoms with Gasteiger partial charge in [0.1, 0.15) is 28.4 Å². The number of carbonyl (C=O) groups excluding carboxylic acids is 3. The van der Waals surface area contributed by atoms with Crippen LogP contribution in [0.5, 0.6) is 17.2 Å². The number of carbonyl (C=O) groups is 3. The molecule has 3 aliphatic carbocycles. The minimum atomic E-state index is -1.54. The predicted octanol–water partition coefficient (Wildman–Crippen LogP) is 8.17. The van der Waals surface area contributed by atoms with Crippen LogP contribution in [0.25, 0.3) is 6.08 Å². The molecule has 1 saturated carbocycles. The number of amides is 1. The van der Waals surface area contributed by atoms with E-state index in [0.717, 1.165) is 50.8 Å². The molecule has 3 fully saturated rings. The summed E-state index contributed by atoms with van der Waals surface area (Å²) in [6.45, 7) is 17.4. The van der Waals surface area contributed by atoms with Gasteiger partial charge in [-0.2, -0.15) is 0 Å². The fourth-order valence-corrected chi connectivity index (χ4v) is 9.52. The average molecular weight is 696 g/mol. The number of aromatic hydroxyl groups is 1. The van der Waals surface area contributed by atoms with Crippen LogP contribution in [0.2, 0.25) is 0 Å². The summed E-state index contributed by atoms with van der Waals surface area (Å²) in [6.07, 6.45) is 17.3. The van der Waals surface area contributed by atoms with Crippen molar-refractivity contribution in [3.05, 3.63) is 69.4 Å². The first-order valence-corrected chi connectivity index (χ1v) is 18.8. The fraction of sp³-hybridized carbons (Fsp3) is 0.558. The van der Waals surface area contributed by atoms with Crippen LogP contribution in [0.3, 0.4) is 0 Å². The first-order valence-electron chi connectivity index (χ1n) is 18.8. The molecular formula is C43H53NO7. The topological polar surface area (TPSA) is 102 Å². The third-order valence-corrected chi connectivity index (χ3v) is 12.1. The number of Topliss-reactive ketones (excluding diaryl/α,β-unsaturated/α-hetero) is 2. The molecule has 4 bridgehead atoms. The Hall–Kier alpha value is -3.91. The highest BCUT2D eigenvalue weighted by molar-refractivity contribution is 6.19. The van der Waals surface area contributed by atoms with Crippen LogP contribution >= 0.6 is 0 Å². The van der Waals surface area contributed by atoms with Crippen LogP contribution in [0.1, 0.15) is 122 Å². The highest BCUT2D eigenvalue weighted by Gasteiger charge is 2.81. The summed E-state index contributed by atoms with van der Waals surface area (Å²) >= 11 is 0. The lowest BCUT2D eigenvalue weighted by atomic mass is 9.51. The van der Waals surface area contributed by atoms with Gasteiger partial charge in [0.05, 0.1) is 11.2 Å². The number of piperidine rings is 1. The van der Waals surface area contributed by atoms with Crippen LogP contribution in [-0.2, 0) is 20.7 Å². The normalized spacial score (nSPS) is 31.2. The van der Waals surface area contributed by atoms with E-state index in [-0.39, 0.29) is 46.9 Å². The Bertz CT molecular complexity index is 1860. The Balaban J connectivity index is 1.39. The van der Waals surface area contributed by atoms with Crippen molar-refractivity contribution in [3.8, 4) is 17.2 Å². The van der Waals surface area contributed by atoms with Gasteiger partial charge in [0.15, 0.2) is 22.8 Å². The van der Waals surface area contributed by atoms with E-state index in [4.69, 9.17) is 14.2 Å². The van der Waals surface area contributed by atoms with Gasteiger partial charge in [-0.1, -0.05) is 35.5 Å². The minimum Gasteiger partial charge on any atom is -0.506 e. The van der Waals surface area contributed by atoms with Crippen LogP contribution in [0.15, 0.2) is 52.7 Å². The lowest BCUT2D eigenvalue weighted by molar-refractivity contribution is -0.171. The summed E-state index contributed by atoms with van der Waals surface area (Å²) < 4.78 is 21.1. The zero-order valence-electron chi connectivity index (χ0n) is 31.5. The summed E-state index contributed by atoms with van der Waals surface area (Å²) in [4.78, 5) is 45.0. The molecule has 4 heterocycles. The number of hydrogen-bond acceptors (Lipinski definition) is 7. The number of fused-ring (bicyclic) bond motifs is 2. The first kappa shape index (κ1) is 35.5. The molecule has 5 unspecified atom stereocenters. The van der Waals surface area contributed by atoms with Gasteiger partial charge in [-0.3, -0.25) is 14.4 Å². The van der Waals surface area contributed by atoms with E-state index in [9.17, 15) is 19.5 Å². The lowest BCUT2D eigenvalue weighted by Crippen LogP contribution is -2.72. The maximum Gasteiger partial charge on any atom is 0.249 e. The Labute approximate surface area is 302 Å². The van der Waals surface area contributed by atoms with Gasteiger partial charge in [-0.15, -0.1) is 0 Å². The van der Waals surface area contributed by atoms with Gasteiger partial charge < -0.3 is 24.2 Å². The Morgan fingerprint density at radius 2 is 1.67 bits per heavy atom. The molecule has 1 amide bonds. The van der Waals surface area contributed by atoms with Crippen LogP contribution < -0.4 is 9.47 Å². The largest absolute Gasteiger partial charge is 0.506 e. The van der Waals surface area contributed by atoms with Crippen molar-refractivity contribution >= 4 is 23.5 Å². The van der Waals surface area contributed by atoms with Crippen molar-refractivity contribution in [3.63, 3.8) is 0 Å². The van der Waals surface area contributed by atoms with Crippen LogP contribution in [0.4, 0.5) is 0 Å². The molecule has 1 N–H and O–H groups in total. The van der Waals surface area contributed by atoms with E-state index < -0.39 is 28.3 Å². The molecule has 8 heteroatoms. The van der Waals surface area contributed by atoms with Crippen molar-refractivity contribution in [2.45, 2.75) is 129 Å². The Morgan fingerprint density at radius 1 is 0.961 bits per heavy atom. The average Bonchev–Trinajstić information content (AvgIpc) is 3.23. The molecule has 0 radical (unpaired) electrons. The van der Waals surface area contributed by atoms with Crippen molar-refractivity contribution in [2.24, 2.45) is 11.8 Å². The summed E-state index contributed by atoms with van der Waals surface area (Å²) in [6, 6.07) is 0. The Morgan fingerprint density at radius 3 is 2.35 bits per heavy atom. The first-order chi connectivity index (χ1) is 24.0. The third kappa shape index (κ3) is 5.38. The van der Waals surface area contributed by atoms with E-state index in [0.29, 0.717) is 40.9 Å². The SMILES string of the molecule is CC(C)=CCCC1(C)C=Cc2c(O)c3c(c(CC=C(C)C)c2O1)OC12C(=CC4CC1C(C)(C)OC2(CC=C(C)C(=O)N1CCCCC1)C4=O)C3=O. The molecule has 1 spiro atoms. The van der Waals surface area contributed by atoms with E-state index in [1.54, 1.807) is 13.0 Å². The van der Waals surface area contributed by atoms with Crippen molar-refractivity contribution in [1.82, 2.24) is 4.90 Å². The van der Waals surface area contributed by atoms with Crippen molar-refractivity contribution < 1.29 is 33.7 Å². The smallest absolute Gasteiger partial charge is 0.249 e. The molecular weight excluding hydrogens is 642 g/mol. The number of rotatable bonds is 8. The van der Waals surface area contributed by atoms with Gasteiger partial charge >= 0.3 is 0 Å². The number of nitrogens with zero attached hydrogens (tertiary/aromatic N) is 1. The molecule has 2 saturated heterocycles.